The van der Waals surface area contributed by atoms with Gasteiger partial charge < -0.3 is 19.5 Å². The second-order valence-corrected chi connectivity index (χ2v) is 5.44. The van der Waals surface area contributed by atoms with Gasteiger partial charge in [0.25, 0.3) is 0 Å². The van der Waals surface area contributed by atoms with Gasteiger partial charge in [0.15, 0.2) is 11.5 Å². The van der Waals surface area contributed by atoms with E-state index in [0.29, 0.717) is 19.3 Å². The summed E-state index contributed by atoms with van der Waals surface area (Å²) in [6.07, 6.45) is 3.68. The van der Waals surface area contributed by atoms with Crippen LogP contribution in [0.4, 0.5) is 0 Å². The maximum atomic E-state index is 6.15. The molecule has 4 nitrogen and oxygen atoms in total. The third kappa shape index (κ3) is 3.44. The second kappa shape index (κ2) is 6.46. The van der Waals surface area contributed by atoms with E-state index in [0.717, 1.165) is 31.1 Å². The molecule has 1 heterocycles. The van der Waals surface area contributed by atoms with E-state index in [9.17, 15) is 0 Å². The van der Waals surface area contributed by atoms with Crippen molar-refractivity contribution in [1.82, 2.24) is 5.32 Å². The van der Waals surface area contributed by atoms with Gasteiger partial charge in [0.05, 0.1) is 19.8 Å². The van der Waals surface area contributed by atoms with Gasteiger partial charge in [-0.15, -0.1) is 0 Å². The lowest BCUT2D eigenvalue weighted by Crippen LogP contribution is -2.20. The highest BCUT2D eigenvalue weighted by Gasteiger charge is 2.23. The molecule has 0 spiro atoms. The lowest BCUT2D eigenvalue weighted by atomic mass is 10.1. The summed E-state index contributed by atoms with van der Waals surface area (Å²) in [6, 6.07) is 6.82. The average molecular weight is 277 g/mol. The van der Waals surface area contributed by atoms with Crippen LogP contribution in [-0.4, -0.2) is 32.0 Å². The lowest BCUT2D eigenvalue weighted by molar-refractivity contribution is 0.137. The van der Waals surface area contributed by atoms with Crippen LogP contribution >= 0.6 is 0 Å². The Hall–Kier alpha value is -1.26. The third-order valence-corrected chi connectivity index (χ3v) is 3.69. The summed E-state index contributed by atoms with van der Waals surface area (Å²) < 4.78 is 17.3. The summed E-state index contributed by atoms with van der Waals surface area (Å²) in [7, 11) is 0. The van der Waals surface area contributed by atoms with E-state index in [1.54, 1.807) is 0 Å². The summed E-state index contributed by atoms with van der Waals surface area (Å²) >= 11 is 0. The molecule has 1 aliphatic heterocycles. The zero-order valence-corrected chi connectivity index (χ0v) is 12.1. The molecule has 20 heavy (non-hydrogen) atoms. The van der Waals surface area contributed by atoms with Gasteiger partial charge in [-0.2, -0.15) is 0 Å². The molecule has 1 atom stereocenters. The first kappa shape index (κ1) is 13.7. The van der Waals surface area contributed by atoms with E-state index in [4.69, 9.17) is 14.2 Å². The fraction of sp³-hybridized carbons (Fsp3) is 0.625. The monoisotopic (exact) mass is 277 g/mol. The topological polar surface area (TPSA) is 39.7 Å². The number of ether oxygens (including phenoxy) is 3. The molecule has 0 amide bonds. The Morgan fingerprint density at radius 3 is 2.90 bits per heavy atom. The van der Waals surface area contributed by atoms with Crippen LogP contribution in [0.25, 0.3) is 0 Å². The van der Waals surface area contributed by atoms with Crippen molar-refractivity contribution in [2.24, 2.45) is 0 Å². The Labute approximate surface area is 120 Å². The molecule has 4 heteroatoms. The van der Waals surface area contributed by atoms with Crippen LogP contribution in [0.5, 0.6) is 11.5 Å². The molecule has 0 aromatic heterocycles. The molecule has 2 aliphatic rings. The van der Waals surface area contributed by atoms with E-state index in [-0.39, 0.29) is 6.10 Å². The number of hydrogen-bond donors (Lipinski definition) is 1. The maximum Gasteiger partial charge on any atom is 0.166 e. The molecule has 1 N–H and O–H groups in total. The van der Waals surface area contributed by atoms with Crippen molar-refractivity contribution < 1.29 is 14.2 Å². The van der Waals surface area contributed by atoms with Crippen LogP contribution in [0.1, 0.15) is 31.7 Å². The van der Waals surface area contributed by atoms with Crippen molar-refractivity contribution in [2.75, 3.05) is 19.8 Å². The first-order chi connectivity index (χ1) is 9.86. The predicted octanol–water partition coefficient (Wildman–Crippen LogP) is 2.51. The number of nitrogens with one attached hydrogen (secondary N) is 1. The molecule has 1 aliphatic carbocycles. The van der Waals surface area contributed by atoms with Crippen LogP contribution in [0, 0.1) is 0 Å². The van der Waals surface area contributed by atoms with Crippen molar-refractivity contribution in [1.29, 1.82) is 0 Å². The molecule has 0 radical (unpaired) electrons. The minimum atomic E-state index is 0.149. The minimum Gasteiger partial charge on any atom is -0.490 e. The predicted molar refractivity (Wildman–Crippen MR) is 77.3 cm³/mol. The summed E-state index contributed by atoms with van der Waals surface area (Å²) in [6.45, 7) is 4.95. The first-order valence-electron chi connectivity index (χ1n) is 7.59. The van der Waals surface area contributed by atoms with Crippen molar-refractivity contribution in [2.45, 2.75) is 44.9 Å². The Kier molecular flexibility index (Phi) is 4.43. The fourth-order valence-corrected chi connectivity index (χ4v) is 2.42. The van der Waals surface area contributed by atoms with Gasteiger partial charge in [-0.05, 0) is 25.8 Å². The van der Waals surface area contributed by atoms with Crippen LogP contribution in [0.2, 0.25) is 0 Å². The molecular weight excluding hydrogens is 254 g/mol. The molecule has 1 unspecified atom stereocenters. The van der Waals surface area contributed by atoms with Crippen LogP contribution < -0.4 is 14.8 Å². The maximum absolute atomic E-state index is 6.15. The molecule has 2 fully saturated rings. The molecule has 1 aromatic rings. The molecule has 3 rings (SSSR count). The van der Waals surface area contributed by atoms with Crippen molar-refractivity contribution in [3.05, 3.63) is 23.8 Å². The Bertz CT molecular complexity index is 439. The highest BCUT2D eigenvalue weighted by atomic mass is 16.6. The highest BCUT2D eigenvalue weighted by Crippen LogP contribution is 2.34. The SMILES string of the molecule is CCOc1cccc(CNC2CC2)c1OC1CCOC1. The van der Waals surface area contributed by atoms with Crippen molar-refractivity contribution in [3.8, 4) is 11.5 Å². The van der Waals surface area contributed by atoms with Gasteiger partial charge in [-0.25, -0.2) is 0 Å². The largest absolute Gasteiger partial charge is 0.490 e. The van der Waals surface area contributed by atoms with E-state index < -0.39 is 0 Å². The summed E-state index contributed by atoms with van der Waals surface area (Å²) in [4.78, 5) is 0. The Morgan fingerprint density at radius 2 is 2.20 bits per heavy atom. The molecule has 1 saturated heterocycles. The minimum absolute atomic E-state index is 0.149. The number of hydrogen-bond acceptors (Lipinski definition) is 4. The van der Waals surface area contributed by atoms with Gasteiger partial charge >= 0.3 is 0 Å². The standard InChI is InChI=1S/C16H23NO3/c1-2-19-15-5-3-4-12(10-17-13-6-7-13)16(15)20-14-8-9-18-11-14/h3-5,13-14,17H,2,6-11H2,1H3. The van der Waals surface area contributed by atoms with E-state index >= 15 is 0 Å². The van der Waals surface area contributed by atoms with Gasteiger partial charge in [-0.3, -0.25) is 0 Å². The molecule has 1 aromatic carbocycles. The summed E-state index contributed by atoms with van der Waals surface area (Å²) in [5.74, 6) is 1.73. The lowest BCUT2D eigenvalue weighted by Gasteiger charge is -2.19. The summed E-state index contributed by atoms with van der Waals surface area (Å²) in [5.41, 5.74) is 1.18. The zero-order valence-electron chi connectivity index (χ0n) is 12.1. The van der Waals surface area contributed by atoms with Crippen molar-refractivity contribution >= 4 is 0 Å². The molecule has 1 saturated carbocycles. The second-order valence-electron chi connectivity index (χ2n) is 5.44. The number of rotatable bonds is 7. The zero-order chi connectivity index (χ0) is 13.8. The van der Waals surface area contributed by atoms with Gasteiger partial charge in [0.2, 0.25) is 0 Å². The molecule has 0 bridgehead atoms. The summed E-state index contributed by atoms with van der Waals surface area (Å²) in [5, 5.41) is 3.54. The Morgan fingerprint density at radius 1 is 1.30 bits per heavy atom. The van der Waals surface area contributed by atoms with Crippen LogP contribution in [-0.2, 0) is 11.3 Å². The van der Waals surface area contributed by atoms with E-state index in [2.05, 4.69) is 11.4 Å². The third-order valence-electron chi connectivity index (χ3n) is 3.69. The molecule has 110 valence electrons. The van der Waals surface area contributed by atoms with Gasteiger partial charge in [-0.1, -0.05) is 12.1 Å². The first-order valence-corrected chi connectivity index (χ1v) is 7.59. The fourth-order valence-electron chi connectivity index (χ4n) is 2.42. The van der Waals surface area contributed by atoms with Gasteiger partial charge in [0.1, 0.15) is 6.10 Å². The Balaban J connectivity index is 1.75. The quantitative estimate of drug-likeness (QED) is 0.831. The molecular formula is C16H23NO3. The number of para-hydroxylation sites is 1. The van der Waals surface area contributed by atoms with E-state index in [1.807, 2.05) is 19.1 Å². The highest BCUT2D eigenvalue weighted by molar-refractivity contribution is 5.47. The smallest absolute Gasteiger partial charge is 0.166 e. The van der Waals surface area contributed by atoms with E-state index in [1.165, 1.54) is 18.4 Å². The van der Waals surface area contributed by atoms with Crippen LogP contribution in [0.15, 0.2) is 18.2 Å². The normalized spacial score (nSPS) is 21.9. The number of benzene rings is 1. The van der Waals surface area contributed by atoms with Crippen molar-refractivity contribution in [3.63, 3.8) is 0 Å². The average Bonchev–Trinajstić information content (AvgIpc) is 3.15. The van der Waals surface area contributed by atoms with Gasteiger partial charge in [0, 0.05) is 24.6 Å². The van der Waals surface area contributed by atoms with Crippen LogP contribution in [0.3, 0.4) is 0 Å².